The Morgan fingerprint density at radius 3 is 1.95 bits per heavy atom. The molecule has 4 aromatic rings. The Morgan fingerprint density at radius 2 is 1.30 bits per heavy atom. The maximum atomic E-state index is 14.0. The molecule has 1 heterocycles. The van der Waals surface area contributed by atoms with Crippen LogP contribution in [0.4, 0.5) is 4.39 Å². The van der Waals surface area contributed by atoms with Crippen LogP contribution >= 0.6 is 0 Å². The molecule has 0 radical (unpaired) electrons. The average Bonchev–Trinajstić information content (AvgIpc) is 3.17. The van der Waals surface area contributed by atoms with E-state index in [0.29, 0.717) is 18.7 Å². The standard InChI is InChI=1S/C33H37FN2O/c1-2-3-4-5-6-7-8-15-20-31-32(25-27-16-11-9-12-17-27)36(30-23-21-29(34)22-24-30)33(37)35(31)26-28-18-13-10-14-19-28/h2,9-14,16-19,21-24H,1,3-8,15,20,25-26H2. The minimum Gasteiger partial charge on any atom is -0.291 e. The lowest BCUT2D eigenvalue weighted by atomic mass is 10.0. The Balaban J connectivity index is 1.69. The van der Waals surface area contributed by atoms with Crippen LogP contribution in [0, 0.1) is 5.82 Å². The van der Waals surface area contributed by atoms with E-state index in [2.05, 4.69) is 30.8 Å². The molecular weight excluding hydrogens is 459 g/mol. The summed E-state index contributed by atoms with van der Waals surface area (Å²) in [5, 5.41) is 0. The summed E-state index contributed by atoms with van der Waals surface area (Å²) in [5.74, 6) is -0.307. The quantitative estimate of drug-likeness (QED) is 0.129. The molecule has 0 N–H and O–H groups in total. The van der Waals surface area contributed by atoms with E-state index in [-0.39, 0.29) is 11.5 Å². The van der Waals surface area contributed by atoms with Gasteiger partial charge in [-0.1, -0.05) is 92.4 Å². The monoisotopic (exact) mass is 496 g/mol. The van der Waals surface area contributed by atoms with Gasteiger partial charge in [-0.05, 0) is 61.1 Å². The van der Waals surface area contributed by atoms with Crippen molar-refractivity contribution in [3.63, 3.8) is 0 Å². The second kappa shape index (κ2) is 13.6. The van der Waals surface area contributed by atoms with Crippen LogP contribution in [0.5, 0.6) is 0 Å². The fourth-order valence-electron chi connectivity index (χ4n) is 4.96. The Morgan fingerprint density at radius 1 is 0.703 bits per heavy atom. The lowest BCUT2D eigenvalue weighted by molar-refractivity contribution is 0.584. The number of hydrogen-bond donors (Lipinski definition) is 0. The Labute approximate surface area is 219 Å². The summed E-state index contributed by atoms with van der Waals surface area (Å²) in [7, 11) is 0. The highest BCUT2D eigenvalue weighted by molar-refractivity contribution is 5.39. The van der Waals surface area contributed by atoms with Crippen molar-refractivity contribution < 1.29 is 4.39 Å². The molecular formula is C33H37FN2O. The van der Waals surface area contributed by atoms with Crippen molar-refractivity contribution in [2.45, 2.75) is 64.3 Å². The van der Waals surface area contributed by atoms with Gasteiger partial charge in [0.1, 0.15) is 5.82 Å². The van der Waals surface area contributed by atoms with Crippen molar-refractivity contribution in [3.05, 3.63) is 136 Å². The molecule has 3 nitrogen and oxygen atoms in total. The summed E-state index contributed by atoms with van der Waals surface area (Å²) >= 11 is 0. The van der Waals surface area contributed by atoms with E-state index in [1.54, 1.807) is 16.7 Å². The van der Waals surface area contributed by atoms with Crippen molar-refractivity contribution in [2.75, 3.05) is 0 Å². The molecule has 0 saturated carbocycles. The highest BCUT2D eigenvalue weighted by atomic mass is 19.1. The van der Waals surface area contributed by atoms with Crippen LogP contribution in [0.25, 0.3) is 5.69 Å². The van der Waals surface area contributed by atoms with Gasteiger partial charge in [0.25, 0.3) is 0 Å². The van der Waals surface area contributed by atoms with Crippen LogP contribution in [0.1, 0.15) is 67.5 Å². The molecule has 0 fully saturated rings. The molecule has 0 bridgehead atoms. The molecule has 4 heteroatoms. The number of nitrogens with zero attached hydrogens (tertiary/aromatic N) is 2. The number of halogens is 1. The first-order valence-corrected chi connectivity index (χ1v) is 13.5. The van der Waals surface area contributed by atoms with Crippen LogP contribution < -0.4 is 5.69 Å². The van der Waals surface area contributed by atoms with Gasteiger partial charge in [0.2, 0.25) is 0 Å². The Kier molecular flexibility index (Phi) is 9.70. The zero-order valence-corrected chi connectivity index (χ0v) is 21.6. The van der Waals surface area contributed by atoms with E-state index in [1.807, 2.05) is 47.0 Å². The summed E-state index contributed by atoms with van der Waals surface area (Å²) in [5.41, 5.74) is 4.95. The summed E-state index contributed by atoms with van der Waals surface area (Å²) in [6.45, 7) is 4.33. The normalized spacial score (nSPS) is 11.1. The van der Waals surface area contributed by atoms with Gasteiger partial charge in [-0.3, -0.25) is 9.13 Å². The van der Waals surface area contributed by atoms with E-state index in [4.69, 9.17) is 0 Å². The maximum Gasteiger partial charge on any atom is 0.333 e. The molecule has 1 aromatic heterocycles. The molecule has 192 valence electrons. The van der Waals surface area contributed by atoms with Crippen LogP contribution in [0.15, 0.2) is 102 Å². The minimum absolute atomic E-state index is 0.0687. The smallest absolute Gasteiger partial charge is 0.291 e. The molecule has 0 aliphatic rings. The van der Waals surface area contributed by atoms with Crippen molar-refractivity contribution in [1.29, 1.82) is 0 Å². The van der Waals surface area contributed by atoms with Gasteiger partial charge in [0, 0.05) is 12.1 Å². The first-order chi connectivity index (χ1) is 18.2. The first kappa shape index (κ1) is 26.4. The van der Waals surface area contributed by atoms with E-state index in [0.717, 1.165) is 48.2 Å². The van der Waals surface area contributed by atoms with Crippen molar-refractivity contribution in [2.24, 2.45) is 0 Å². The number of hydrogen-bond acceptors (Lipinski definition) is 1. The van der Waals surface area contributed by atoms with E-state index in [1.165, 1.54) is 37.8 Å². The minimum atomic E-state index is -0.307. The van der Waals surface area contributed by atoms with Gasteiger partial charge in [0.15, 0.2) is 0 Å². The third kappa shape index (κ3) is 7.19. The topological polar surface area (TPSA) is 26.9 Å². The Hall–Kier alpha value is -3.66. The lowest BCUT2D eigenvalue weighted by Crippen LogP contribution is -2.25. The molecule has 0 amide bonds. The fourth-order valence-corrected chi connectivity index (χ4v) is 4.96. The van der Waals surface area contributed by atoms with Crippen LogP contribution in [0.2, 0.25) is 0 Å². The largest absolute Gasteiger partial charge is 0.333 e. The number of benzene rings is 3. The molecule has 0 saturated heterocycles. The first-order valence-electron chi connectivity index (χ1n) is 13.5. The van der Waals surface area contributed by atoms with Gasteiger partial charge < -0.3 is 0 Å². The second-order valence-corrected chi connectivity index (χ2v) is 9.67. The average molecular weight is 497 g/mol. The highest BCUT2D eigenvalue weighted by Gasteiger charge is 2.21. The van der Waals surface area contributed by atoms with Crippen molar-refractivity contribution in [3.8, 4) is 5.69 Å². The van der Waals surface area contributed by atoms with E-state index in [9.17, 15) is 9.18 Å². The van der Waals surface area contributed by atoms with E-state index < -0.39 is 0 Å². The van der Waals surface area contributed by atoms with Crippen molar-refractivity contribution >= 4 is 0 Å². The van der Waals surface area contributed by atoms with E-state index >= 15 is 0 Å². The molecule has 4 rings (SSSR count). The van der Waals surface area contributed by atoms with Crippen LogP contribution in [-0.4, -0.2) is 9.13 Å². The SMILES string of the molecule is C=CCCCCCCCCc1c(Cc2ccccc2)n(-c2ccc(F)cc2)c(=O)n1Cc1ccccc1. The van der Waals surface area contributed by atoms with Gasteiger partial charge >= 0.3 is 5.69 Å². The summed E-state index contributed by atoms with van der Waals surface area (Å²) < 4.78 is 17.5. The fraction of sp³-hybridized carbons (Fsp3) is 0.303. The highest BCUT2D eigenvalue weighted by Crippen LogP contribution is 2.22. The van der Waals surface area contributed by atoms with Gasteiger partial charge in [-0.25, -0.2) is 9.18 Å². The third-order valence-electron chi connectivity index (χ3n) is 6.91. The summed E-state index contributed by atoms with van der Waals surface area (Å²) in [6, 6.07) is 26.6. The third-order valence-corrected chi connectivity index (χ3v) is 6.91. The second-order valence-electron chi connectivity index (χ2n) is 9.67. The van der Waals surface area contributed by atoms with Gasteiger partial charge in [-0.2, -0.15) is 0 Å². The predicted octanol–water partition coefficient (Wildman–Crippen LogP) is 7.88. The number of rotatable bonds is 14. The van der Waals surface area contributed by atoms with Gasteiger partial charge in [0.05, 0.1) is 17.9 Å². The molecule has 37 heavy (non-hydrogen) atoms. The number of allylic oxidation sites excluding steroid dienone is 1. The molecule has 0 atom stereocenters. The molecule has 0 spiro atoms. The summed E-state index contributed by atoms with van der Waals surface area (Å²) in [6.07, 6.45) is 11.6. The number of aromatic nitrogens is 2. The van der Waals surface area contributed by atoms with Crippen LogP contribution in [-0.2, 0) is 19.4 Å². The maximum absolute atomic E-state index is 14.0. The summed E-state index contributed by atoms with van der Waals surface area (Å²) in [4.78, 5) is 14.0. The Bertz CT molecular complexity index is 1300. The molecule has 0 unspecified atom stereocenters. The molecule has 0 aliphatic heterocycles. The zero-order valence-electron chi connectivity index (χ0n) is 21.6. The number of imidazole rings is 1. The lowest BCUT2D eigenvalue weighted by Gasteiger charge is -2.12. The zero-order chi connectivity index (χ0) is 25.9. The predicted molar refractivity (Wildman–Crippen MR) is 151 cm³/mol. The number of unbranched alkanes of at least 4 members (excludes halogenated alkanes) is 6. The van der Waals surface area contributed by atoms with Crippen molar-refractivity contribution in [1.82, 2.24) is 9.13 Å². The molecule has 0 aliphatic carbocycles. The van der Waals surface area contributed by atoms with Crippen LogP contribution in [0.3, 0.4) is 0 Å². The molecule has 3 aromatic carbocycles. The van der Waals surface area contributed by atoms with Gasteiger partial charge in [-0.15, -0.1) is 6.58 Å².